The highest BCUT2D eigenvalue weighted by Crippen LogP contribution is 2.33. The van der Waals surface area contributed by atoms with Crippen LogP contribution < -0.4 is 10.5 Å². The second kappa shape index (κ2) is 13.0. The van der Waals surface area contributed by atoms with Crippen LogP contribution in [0.5, 0.6) is 5.75 Å². The van der Waals surface area contributed by atoms with Gasteiger partial charge < -0.3 is 25.2 Å². The Morgan fingerprint density at radius 1 is 1.28 bits per heavy atom. The molecule has 9 nitrogen and oxygen atoms in total. The van der Waals surface area contributed by atoms with E-state index in [4.69, 9.17) is 25.1 Å². The molecule has 2 heterocycles. The van der Waals surface area contributed by atoms with Crippen LogP contribution in [0, 0.1) is 5.82 Å². The maximum atomic E-state index is 14.7. The molecule has 1 saturated heterocycles. The molecule has 4 rings (SSSR count). The molecular formula is C26H32FN3O6. The Balaban J connectivity index is 0.00000115. The third-order valence-electron chi connectivity index (χ3n) is 6.23. The Hall–Kier alpha value is -3.50. The summed E-state index contributed by atoms with van der Waals surface area (Å²) in [6.45, 7) is 5.76. The zero-order valence-corrected chi connectivity index (χ0v) is 20.3. The number of carboxylic acid groups (broad SMARTS) is 1. The maximum Gasteiger partial charge on any atom is 0.290 e. The quantitative estimate of drug-likeness (QED) is 0.506. The summed E-state index contributed by atoms with van der Waals surface area (Å²) in [5.41, 5.74) is 8.10. The van der Waals surface area contributed by atoms with Gasteiger partial charge in [0.05, 0.1) is 19.8 Å². The number of halogens is 1. The van der Waals surface area contributed by atoms with E-state index in [-0.39, 0.29) is 31.3 Å². The summed E-state index contributed by atoms with van der Waals surface area (Å²) in [7, 11) is 0. The molecule has 10 heteroatoms. The van der Waals surface area contributed by atoms with Crippen molar-refractivity contribution in [3.63, 3.8) is 0 Å². The van der Waals surface area contributed by atoms with Crippen LogP contribution in [0.3, 0.4) is 0 Å². The fourth-order valence-electron chi connectivity index (χ4n) is 4.42. The summed E-state index contributed by atoms with van der Waals surface area (Å²) in [4.78, 5) is 36.9. The van der Waals surface area contributed by atoms with E-state index in [0.717, 1.165) is 25.1 Å². The summed E-state index contributed by atoms with van der Waals surface area (Å²) in [6.07, 6.45) is 1.24. The van der Waals surface area contributed by atoms with Gasteiger partial charge in [0.1, 0.15) is 24.2 Å². The Morgan fingerprint density at radius 2 is 2.00 bits per heavy atom. The van der Waals surface area contributed by atoms with Gasteiger partial charge in [-0.15, -0.1) is 0 Å². The molecule has 3 N–H and O–H groups in total. The van der Waals surface area contributed by atoms with Crippen LogP contribution in [-0.2, 0) is 34.0 Å². The van der Waals surface area contributed by atoms with Crippen LogP contribution in [0.2, 0.25) is 0 Å². The average molecular weight is 502 g/mol. The molecule has 2 aromatic rings. The lowest BCUT2D eigenvalue weighted by Gasteiger charge is -2.26. The highest BCUT2D eigenvalue weighted by atomic mass is 19.1. The summed E-state index contributed by atoms with van der Waals surface area (Å²) >= 11 is 0. The van der Waals surface area contributed by atoms with Crippen molar-refractivity contribution in [1.29, 1.82) is 0 Å². The van der Waals surface area contributed by atoms with Crippen LogP contribution >= 0.6 is 0 Å². The summed E-state index contributed by atoms with van der Waals surface area (Å²) in [5.74, 6) is -0.548. The summed E-state index contributed by atoms with van der Waals surface area (Å²) in [5, 5.41) is 6.89. The average Bonchev–Trinajstić information content (AvgIpc) is 3.19. The Labute approximate surface area is 209 Å². The molecule has 2 aliphatic heterocycles. The smallest absolute Gasteiger partial charge is 0.290 e. The summed E-state index contributed by atoms with van der Waals surface area (Å²) in [6, 6.07) is 9.78. The molecule has 2 aromatic carbocycles. The first-order valence-electron chi connectivity index (χ1n) is 11.9. The zero-order chi connectivity index (χ0) is 26.1. The van der Waals surface area contributed by atoms with E-state index in [1.807, 2.05) is 13.0 Å². The Morgan fingerprint density at radius 3 is 2.64 bits per heavy atom. The van der Waals surface area contributed by atoms with Gasteiger partial charge in [-0.2, -0.15) is 0 Å². The number of amides is 2. The normalized spacial score (nSPS) is 16.1. The molecule has 2 aliphatic rings. The van der Waals surface area contributed by atoms with E-state index in [0.29, 0.717) is 48.6 Å². The Bertz CT molecular complexity index is 1070. The molecule has 0 radical (unpaired) electrons. The van der Waals surface area contributed by atoms with Gasteiger partial charge in [-0.1, -0.05) is 31.5 Å². The van der Waals surface area contributed by atoms with Gasteiger partial charge in [-0.25, -0.2) is 4.39 Å². The van der Waals surface area contributed by atoms with E-state index in [1.54, 1.807) is 30.3 Å². The minimum Gasteiger partial charge on any atom is -0.488 e. The van der Waals surface area contributed by atoms with Crippen molar-refractivity contribution < 1.29 is 33.4 Å². The highest BCUT2D eigenvalue weighted by molar-refractivity contribution is 6.01. The molecule has 0 aromatic heterocycles. The number of carbonyl (C=O) groups excluding carboxylic acids is 2. The van der Waals surface area contributed by atoms with Crippen LogP contribution in [0.1, 0.15) is 46.8 Å². The van der Waals surface area contributed by atoms with E-state index >= 15 is 0 Å². The van der Waals surface area contributed by atoms with Gasteiger partial charge in [0.2, 0.25) is 5.91 Å². The lowest BCUT2D eigenvalue weighted by Crippen LogP contribution is -2.44. The molecule has 194 valence electrons. The van der Waals surface area contributed by atoms with Crippen LogP contribution in [0.15, 0.2) is 36.4 Å². The highest BCUT2D eigenvalue weighted by Gasteiger charge is 2.36. The van der Waals surface area contributed by atoms with E-state index in [9.17, 15) is 14.0 Å². The monoisotopic (exact) mass is 501 g/mol. The van der Waals surface area contributed by atoms with Crippen LogP contribution in [0.25, 0.3) is 0 Å². The molecule has 1 unspecified atom stereocenters. The van der Waals surface area contributed by atoms with E-state index in [1.165, 1.54) is 4.90 Å². The number of primary amides is 1. The summed E-state index contributed by atoms with van der Waals surface area (Å²) < 4.78 is 26.0. The topological polar surface area (TPSA) is 122 Å². The fraction of sp³-hybridized carbons (Fsp3) is 0.423. The van der Waals surface area contributed by atoms with Crippen LogP contribution in [-0.4, -0.2) is 65.5 Å². The Kier molecular flexibility index (Phi) is 9.77. The van der Waals surface area contributed by atoms with Gasteiger partial charge >= 0.3 is 0 Å². The minimum absolute atomic E-state index is 0.0442. The molecule has 0 bridgehead atoms. The number of benzene rings is 2. The maximum absolute atomic E-state index is 14.7. The molecule has 1 atom stereocenters. The minimum atomic E-state index is -0.654. The zero-order valence-electron chi connectivity index (χ0n) is 20.3. The molecular weight excluding hydrogens is 469 g/mol. The predicted molar refractivity (Wildman–Crippen MR) is 130 cm³/mol. The van der Waals surface area contributed by atoms with Crippen LogP contribution in [0.4, 0.5) is 4.39 Å². The molecule has 36 heavy (non-hydrogen) atoms. The van der Waals surface area contributed by atoms with Crippen molar-refractivity contribution in [3.05, 3.63) is 64.5 Å². The lowest BCUT2D eigenvalue weighted by molar-refractivity contribution is -0.123. The largest absolute Gasteiger partial charge is 0.488 e. The number of hydrogen-bond donors (Lipinski definition) is 2. The SMILES string of the molecule is CCCC(C(N)=O)N1Cc2c(OCc3ccc(CN4CCOCC4)cc3F)cccc2C1=O.O=CO. The van der Waals surface area contributed by atoms with Gasteiger partial charge in [0, 0.05) is 36.3 Å². The number of morpholine rings is 1. The number of nitrogens with two attached hydrogens (primary N) is 1. The van der Waals surface area contributed by atoms with Crippen molar-refractivity contribution in [3.8, 4) is 5.75 Å². The van der Waals surface area contributed by atoms with E-state index < -0.39 is 11.9 Å². The second-order valence-electron chi connectivity index (χ2n) is 8.63. The van der Waals surface area contributed by atoms with Gasteiger partial charge in [0.15, 0.2) is 0 Å². The van der Waals surface area contributed by atoms with Gasteiger partial charge in [-0.05, 0) is 30.2 Å². The number of nitrogens with zero attached hydrogens (tertiary/aromatic N) is 2. The molecule has 1 fully saturated rings. The van der Waals surface area contributed by atoms with Crippen molar-refractivity contribution in [1.82, 2.24) is 9.80 Å². The number of fused-ring (bicyclic) bond motifs is 1. The molecule has 0 aliphatic carbocycles. The van der Waals surface area contributed by atoms with Gasteiger partial charge in [0.25, 0.3) is 12.4 Å². The fourth-order valence-corrected chi connectivity index (χ4v) is 4.42. The standard InChI is InChI=1S/C25H30FN3O4.CH2O2/c1-2-4-22(24(27)30)29-15-20-19(25(29)31)5-3-6-23(20)33-16-18-8-7-17(13-21(18)26)14-28-9-11-32-12-10-28;2-1-3/h3,5-8,13,22H,2,4,9-12,14-16H2,1H3,(H2,27,30);1H,(H,2,3). The second-order valence-corrected chi connectivity index (χ2v) is 8.63. The molecule has 0 spiro atoms. The first-order chi connectivity index (χ1) is 17.4. The number of hydrogen-bond acceptors (Lipinski definition) is 6. The van der Waals surface area contributed by atoms with Crippen molar-refractivity contribution in [2.24, 2.45) is 5.73 Å². The third kappa shape index (κ3) is 6.58. The van der Waals surface area contributed by atoms with Crippen molar-refractivity contribution in [2.75, 3.05) is 26.3 Å². The number of carbonyl (C=O) groups is 3. The third-order valence-corrected chi connectivity index (χ3v) is 6.23. The van der Waals surface area contributed by atoms with Crippen molar-refractivity contribution in [2.45, 2.75) is 45.5 Å². The van der Waals surface area contributed by atoms with Crippen molar-refractivity contribution >= 4 is 18.3 Å². The van der Waals surface area contributed by atoms with Gasteiger partial charge in [-0.3, -0.25) is 19.3 Å². The molecule has 0 saturated carbocycles. The first kappa shape index (κ1) is 27.1. The predicted octanol–water partition coefficient (Wildman–Crippen LogP) is 2.55. The number of rotatable bonds is 9. The molecule has 2 amide bonds. The van der Waals surface area contributed by atoms with E-state index in [2.05, 4.69) is 4.90 Å². The lowest BCUT2D eigenvalue weighted by atomic mass is 10.1. The first-order valence-corrected chi connectivity index (χ1v) is 11.9. The number of ether oxygens (including phenoxy) is 2.